The molecule has 0 aliphatic heterocycles. The van der Waals surface area contributed by atoms with Crippen molar-refractivity contribution < 1.29 is 8.42 Å². The maximum atomic E-state index is 11.8. The highest BCUT2D eigenvalue weighted by Crippen LogP contribution is 2.06. The lowest BCUT2D eigenvalue weighted by Crippen LogP contribution is -2.26. The lowest BCUT2D eigenvalue weighted by molar-refractivity contribution is 0.568. The van der Waals surface area contributed by atoms with Crippen molar-refractivity contribution in [3.8, 4) is 6.07 Å². The molecule has 4 nitrogen and oxygen atoms in total. The third-order valence-electron chi connectivity index (χ3n) is 2.99. The summed E-state index contributed by atoms with van der Waals surface area (Å²) in [5.41, 5.74) is 0.802. The van der Waals surface area contributed by atoms with Crippen molar-refractivity contribution in [2.45, 2.75) is 44.3 Å². The smallest absolute Gasteiger partial charge is 0.215 e. The zero-order valence-corrected chi connectivity index (χ0v) is 12.5. The Morgan fingerprint density at radius 3 is 2.35 bits per heavy atom. The largest absolute Gasteiger partial charge is 0.215 e. The van der Waals surface area contributed by atoms with E-state index >= 15 is 0 Å². The molecule has 0 spiro atoms. The lowest BCUT2D eigenvalue weighted by Gasteiger charge is -2.06. The van der Waals surface area contributed by atoms with Crippen LogP contribution >= 0.6 is 0 Å². The summed E-state index contributed by atoms with van der Waals surface area (Å²) in [5.74, 6) is 0.0377. The van der Waals surface area contributed by atoms with Gasteiger partial charge in [-0.2, -0.15) is 5.26 Å². The Hall–Kier alpha value is -1.38. The summed E-state index contributed by atoms with van der Waals surface area (Å²) in [6.45, 7) is 0.493. The third-order valence-corrected chi connectivity index (χ3v) is 4.34. The van der Waals surface area contributed by atoms with Crippen molar-refractivity contribution in [1.82, 2.24) is 4.72 Å². The number of sulfonamides is 1. The minimum absolute atomic E-state index is 0.0377. The molecule has 0 amide bonds. The second-order valence-corrected chi connectivity index (χ2v) is 6.62. The van der Waals surface area contributed by atoms with Crippen LogP contribution in [0.3, 0.4) is 0 Å². The van der Waals surface area contributed by atoms with Crippen LogP contribution in [0.25, 0.3) is 0 Å². The van der Waals surface area contributed by atoms with Crippen molar-refractivity contribution >= 4 is 10.0 Å². The van der Waals surface area contributed by atoms with Gasteiger partial charge in [-0.05, 0) is 18.4 Å². The molecule has 0 aliphatic rings. The van der Waals surface area contributed by atoms with E-state index in [1.807, 2.05) is 30.3 Å². The number of nitrogens with zero attached hydrogens (tertiary/aromatic N) is 1. The second-order valence-electron chi connectivity index (χ2n) is 4.81. The summed E-state index contributed by atoms with van der Waals surface area (Å²) < 4.78 is 26.3. The summed E-state index contributed by atoms with van der Waals surface area (Å²) in [6.07, 6.45) is 5.51. The highest BCUT2D eigenvalue weighted by atomic mass is 32.2. The molecule has 1 aromatic rings. The van der Waals surface area contributed by atoms with Gasteiger partial charge in [0.15, 0.2) is 0 Å². The van der Waals surface area contributed by atoms with Gasteiger partial charge in [-0.1, -0.05) is 49.6 Å². The maximum absolute atomic E-state index is 11.8. The Balaban J connectivity index is 2.13. The normalized spacial score (nSPS) is 11.2. The molecule has 0 bridgehead atoms. The standard InChI is InChI=1S/C15H22N2O2S/c16-12-8-3-1-2-4-9-13-17-20(18,19)14-15-10-6-5-7-11-15/h5-7,10-11,17H,1-4,8-9,13-14H2. The SMILES string of the molecule is N#CCCCCCCCNS(=O)(=O)Cc1ccccc1. The van der Waals surface area contributed by atoms with Gasteiger partial charge in [0.2, 0.25) is 10.0 Å². The summed E-state index contributed by atoms with van der Waals surface area (Å²) >= 11 is 0. The first-order chi connectivity index (χ1) is 9.64. The van der Waals surface area contributed by atoms with E-state index < -0.39 is 10.0 Å². The number of benzene rings is 1. The monoisotopic (exact) mass is 294 g/mol. The van der Waals surface area contributed by atoms with Crippen LogP contribution in [0.5, 0.6) is 0 Å². The Bertz CT molecular complexity index is 506. The van der Waals surface area contributed by atoms with E-state index in [4.69, 9.17) is 5.26 Å². The predicted octanol–water partition coefficient (Wildman–Crippen LogP) is 2.97. The van der Waals surface area contributed by atoms with E-state index in [0.29, 0.717) is 13.0 Å². The van der Waals surface area contributed by atoms with Crippen LogP contribution in [0, 0.1) is 11.3 Å². The number of hydrogen-bond donors (Lipinski definition) is 1. The van der Waals surface area contributed by atoms with Crippen LogP contribution in [-0.2, 0) is 15.8 Å². The highest BCUT2D eigenvalue weighted by molar-refractivity contribution is 7.88. The zero-order chi connectivity index (χ0) is 14.7. The molecule has 0 saturated carbocycles. The van der Waals surface area contributed by atoms with Gasteiger partial charge in [0.25, 0.3) is 0 Å². The summed E-state index contributed by atoms with van der Waals surface area (Å²) in [5, 5.41) is 8.39. The van der Waals surface area contributed by atoms with Gasteiger partial charge in [0.05, 0.1) is 11.8 Å². The molecule has 0 saturated heterocycles. The van der Waals surface area contributed by atoms with Crippen LogP contribution in [0.1, 0.15) is 44.1 Å². The Labute approximate surface area is 121 Å². The van der Waals surface area contributed by atoms with E-state index in [1.54, 1.807) is 0 Å². The molecular formula is C15H22N2O2S. The lowest BCUT2D eigenvalue weighted by atomic mass is 10.1. The first-order valence-corrected chi connectivity index (χ1v) is 8.67. The van der Waals surface area contributed by atoms with E-state index in [-0.39, 0.29) is 5.75 Å². The van der Waals surface area contributed by atoms with Crippen LogP contribution < -0.4 is 4.72 Å². The Morgan fingerprint density at radius 2 is 1.65 bits per heavy atom. The van der Waals surface area contributed by atoms with E-state index in [0.717, 1.165) is 37.7 Å². The predicted molar refractivity (Wildman–Crippen MR) is 80.4 cm³/mol. The zero-order valence-electron chi connectivity index (χ0n) is 11.7. The number of hydrogen-bond acceptors (Lipinski definition) is 3. The fourth-order valence-electron chi connectivity index (χ4n) is 1.93. The van der Waals surface area contributed by atoms with E-state index in [2.05, 4.69) is 10.8 Å². The van der Waals surface area contributed by atoms with Gasteiger partial charge < -0.3 is 0 Å². The Kier molecular flexibility index (Phi) is 7.93. The summed E-state index contributed by atoms with van der Waals surface area (Å²) in [6, 6.07) is 11.3. The molecule has 0 atom stereocenters. The molecule has 0 radical (unpaired) electrons. The van der Waals surface area contributed by atoms with Crippen molar-refractivity contribution in [3.05, 3.63) is 35.9 Å². The van der Waals surface area contributed by atoms with Crippen LogP contribution in [0.2, 0.25) is 0 Å². The molecule has 1 N–H and O–H groups in total. The Morgan fingerprint density at radius 1 is 1.00 bits per heavy atom. The van der Waals surface area contributed by atoms with E-state index in [9.17, 15) is 8.42 Å². The summed E-state index contributed by atoms with van der Waals surface area (Å²) in [4.78, 5) is 0. The maximum Gasteiger partial charge on any atom is 0.215 e. The first kappa shape index (κ1) is 16.7. The topological polar surface area (TPSA) is 70.0 Å². The van der Waals surface area contributed by atoms with Crippen LogP contribution in [0.15, 0.2) is 30.3 Å². The minimum atomic E-state index is -3.23. The van der Waals surface area contributed by atoms with Crippen molar-refractivity contribution in [2.75, 3.05) is 6.54 Å². The molecule has 0 aromatic heterocycles. The highest BCUT2D eigenvalue weighted by Gasteiger charge is 2.09. The van der Waals surface area contributed by atoms with Gasteiger partial charge in [-0.15, -0.1) is 0 Å². The number of unbranched alkanes of at least 4 members (excludes halogenated alkanes) is 5. The molecule has 0 unspecified atom stereocenters. The van der Waals surface area contributed by atoms with Crippen molar-refractivity contribution in [1.29, 1.82) is 5.26 Å². The average Bonchev–Trinajstić information content (AvgIpc) is 2.42. The van der Waals surface area contributed by atoms with Gasteiger partial charge in [-0.25, -0.2) is 13.1 Å². The van der Waals surface area contributed by atoms with Gasteiger partial charge >= 0.3 is 0 Å². The van der Waals surface area contributed by atoms with Crippen molar-refractivity contribution in [2.24, 2.45) is 0 Å². The molecule has 5 heteroatoms. The molecule has 0 fully saturated rings. The average molecular weight is 294 g/mol. The summed E-state index contributed by atoms with van der Waals surface area (Å²) in [7, 11) is -3.23. The van der Waals surface area contributed by atoms with Crippen molar-refractivity contribution in [3.63, 3.8) is 0 Å². The number of rotatable bonds is 10. The minimum Gasteiger partial charge on any atom is -0.215 e. The molecule has 0 heterocycles. The molecule has 0 aliphatic carbocycles. The molecular weight excluding hydrogens is 272 g/mol. The fraction of sp³-hybridized carbons (Fsp3) is 0.533. The molecule has 110 valence electrons. The van der Waals surface area contributed by atoms with Gasteiger partial charge in [0, 0.05) is 13.0 Å². The fourth-order valence-corrected chi connectivity index (χ4v) is 3.12. The van der Waals surface area contributed by atoms with Gasteiger partial charge in [0.1, 0.15) is 0 Å². The number of nitriles is 1. The van der Waals surface area contributed by atoms with Crippen LogP contribution in [0.4, 0.5) is 0 Å². The first-order valence-electron chi connectivity index (χ1n) is 7.02. The molecule has 20 heavy (non-hydrogen) atoms. The quantitative estimate of drug-likeness (QED) is 0.674. The molecule has 1 aromatic carbocycles. The van der Waals surface area contributed by atoms with Crippen LogP contribution in [-0.4, -0.2) is 15.0 Å². The second kappa shape index (κ2) is 9.51. The van der Waals surface area contributed by atoms with E-state index in [1.165, 1.54) is 0 Å². The van der Waals surface area contributed by atoms with Gasteiger partial charge in [-0.3, -0.25) is 0 Å². The third kappa shape index (κ3) is 7.93. The number of nitrogens with one attached hydrogen (secondary N) is 1. The molecule has 1 rings (SSSR count).